The third-order valence-electron chi connectivity index (χ3n) is 5.57. The molecule has 2 aromatic carbocycles. The van der Waals surface area contributed by atoms with Gasteiger partial charge < -0.3 is 10.6 Å². The number of halogens is 6. The van der Waals surface area contributed by atoms with E-state index in [9.17, 15) is 41.3 Å². The molecule has 0 bridgehead atoms. The second-order valence-corrected chi connectivity index (χ2v) is 9.25. The first-order valence-corrected chi connectivity index (χ1v) is 11.7. The van der Waals surface area contributed by atoms with Crippen LogP contribution in [-0.4, -0.2) is 22.2 Å². The second-order valence-electron chi connectivity index (χ2n) is 8.20. The van der Waals surface area contributed by atoms with Gasteiger partial charge in [-0.25, -0.2) is 4.79 Å². The van der Waals surface area contributed by atoms with Crippen molar-refractivity contribution in [3.63, 3.8) is 0 Å². The first-order valence-electron chi connectivity index (χ1n) is 10.8. The number of hydrogen-bond acceptors (Lipinski definition) is 5. The van der Waals surface area contributed by atoms with Crippen molar-refractivity contribution < 1.29 is 36.1 Å². The summed E-state index contributed by atoms with van der Waals surface area (Å²) in [6.45, 7) is 0.427. The number of nitrogens with one attached hydrogen (secondary N) is 3. The maximum absolute atomic E-state index is 13.0. The Morgan fingerprint density at radius 2 is 1.56 bits per heavy atom. The fourth-order valence-corrected chi connectivity index (χ4v) is 4.76. The fourth-order valence-electron chi connectivity index (χ4n) is 3.77. The van der Waals surface area contributed by atoms with Crippen LogP contribution in [0.15, 0.2) is 42.5 Å². The number of amides is 2. The number of carbonyl (C=O) groups excluding carboxylic acids is 1. The van der Waals surface area contributed by atoms with Gasteiger partial charge in [-0.2, -0.15) is 26.3 Å². The van der Waals surface area contributed by atoms with E-state index in [0.717, 1.165) is 43.2 Å². The van der Waals surface area contributed by atoms with Crippen molar-refractivity contribution in [3.8, 4) is 0 Å². The molecule has 14 heteroatoms. The molecule has 1 aliphatic rings. The van der Waals surface area contributed by atoms with Gasteiger partial charge in [0.2, 0.25) is 0 Å². The summed E-state index contributed by atoms with van der Waals surface area (Å²) in [7, 11) is 0. The van der Waals surface area contributed by atoms with Gasteiger partial charge in [0.15, 0.2) is 0 Å². The Balaban J connectivity index is 1.59. The van der Waals surface area contributed by atoms with Gasteiger partial charge >= 0.3 is 18.4 Å². The van der Waals surface area contributed by atoms with Gasteiger partial charge in [0, 0.05) is 35.7 Å². The normalized spacial score (nSPS) is 18.5. The van der Waals surface area contributed by atoms with Crippen molar-refractivity contribution in [1.82, 2.24) is 10.0 Å². The molecule has 36 heavy (non-hydrogen) atoms. The Bertz CT molecular complexity index is 1050. The molecule has 3 N–H and O–H groups in total. The van der Waals surface area contributed by atoms with E-state index in [1.807, 2.05) is 5.32 Å². The van der Waals surface area contributed by atoms with Crippen LogP contribution in [0.25, 0.3) is 0 Å². The number of urea groups is 1. The van der Waals surface area contributed by atoms with Crippen LogP contribution < -0.4 is 15.4 Å². The fraction of sp³-hybridized carbons (Fsp3) is 0.409. The summed E-state index contributed by atoms with van der Waals surface area (Å²) in [5.41, 5.74) is -2.88. The van der Waals surface area contributed by atoms with Crippen LogP contribution in [0, 0.1) is 10.1 Å². The number of rotatable bonds is 7. The minimum absolute atomic E-state index is 0.0128. The topological polar surface area (TPSA) is 96.3 Å². The van der Waals surface area contributed by atoms with Crippen LogP contribution in [0.1, 0.15) is 42.4 Å². The molecular formula is C22H22F6N4O3S. The molecule has 2 atom stereocenters. The summed E-state index contributed by atoms with van der Waals surface area (Å²) in [5.74, 6) is 0. The van der Waals surface area contributed by atoms with Gasteiger partial charge in [0.05, 0.1) is 16.1 Å². The van der Waals surface area contributed by atoms with Crippen molar-refractivity contribution in [2.75, 3.05) is 5.32 Å². The summed E-state index contributed by atoms with van der Waals surface area (Å²) >= 11 is 1.04. The van der Waals surface area contributed by atoms with Crippen LogP contribution in [0.4, 0.5) is 42.5 Å². The lowest BCUT2D eigenvalue weighted by Crippen LogP contribution is -2.42. The van der Waals surface area contributed by atoms with Crippen LogP contribution >= 0.6 is 11.9 Å². The number of nitrogens with zero attached hydrogens (tertiary/aromatic N) is 1. The van der Waals surface area contributed by atoms with Gasteiger partial charge in [-0.1, -0.05) is 25.0 Å². The Hall–Kier alpha value is -3.00. The van der Waals surface area contributed by atoms with E-state index in [0.29, 0.717) is 18.7 Å². The van der Waals surface area contributed by atoms with E-state index < -0.39 is 40.1 Å². The summed E-state index contributed by atoms with van der Waals surface area (Å²) in [5, 5.41) is 16.1. The summed E-state index contributed by atoms with van der Waals surface area (Å²) in [4.78, 5) is 22.5. The highest BCUT2D eigenvalue weighted by atomic mass is 32.2. The van der Waals surface area contributed by atoms with E-state index in [1.165, 1.54) is 12.1 Å². The number of anilines is 1. The highest BCUT2D eigenvalue weighted by Crippen LogP contribution is 2.37. The quantitative estimate of drug-likeness (QED) is 0.162. The SMILES string of the molecule is O=C(NS[C@@H]1CCCC[C@H]1NCc1ccc([N+](=O)[O-])cc1)Nc1cc(C(F)(F)F)cc(C(F)(F)F)c1. The summed E-state index contributed by atoms with van der Waals surface area (Å²) in [6.07, 6.45) is -6.70. The van der Waals surface area contributed by atoms with Crippen LogP contribution in [0.5, 0.6) is 0 Å². The average molecular weight is 536 g/mol. The third-order valence-corrected chi connectivity index (χ3v) is 6.74. The molecule has 0 spiro atoms. The maximum Gasteiger partial charge on any atom is 0.416 e. The first kappa shape index (κ1) is 27.6. The lowest BCUT2D eigenvalue weighted by atomic mass is 9.94. The molecule has 7 nitrogen and oxygen atoms in total. The standard InChI is InChI=1S/C22H22F6N4O3S/c23-21(24,25)14-9-15(22(26,27)28)11-16(10-14)30-20(33)31-36-19-4-2-1-3-18(19)29-12-13-5-7-17(8-6-13)32(34)35/h5-11,18-19,29H,1-4,12H2,(H2,30,31,33)/t18-,19-/m1/s1. The van der Waals surface area contributed by atoms with E-state index in [1.54, 1.807) is 12.1 Å². The third kappa shape index (κ3) is 7.75. The van der Waals surface area contributed by atoms with Gasteiger partial charge in [-0.15, -0.1) is 0 Å². The lowest BCUT2D eigenvalue weighted by molar-refractivity contribution is -0.384. The smallest absolute Gasteiger partial charge is 0.309 e. The number of non-ortho nitro benzene ring substituents is 1. The Morgan fingerprint density at radius 3 is 2.11 bits per heavy atom. The number of benzene rings is 2. The van der Waals surface area contributed by atoms with Crippen molar-refractivity contribution >= 4 is 29.4 Å². The molecule has 2 aromatic rings. The molecule has 0 aromatic heterocycles. The molecule has 196 valence electrons. The molecule has 0 aliphatic heterocycles. The number of alkyl halides is 6. The summed E-state index contributed by atoms with van der Waals surface area (Å²) in [6, 6.07) is 5.93. The number of nitro groups is 1. The highest BCUT2D eigenvalue weighted by molar-refractivity contribution is 7.98. The molecule has 0 heterocycles. The molecule has 0 saturated heterocycles. The van der Waals surface area contributed by atoms with Crippen molar-refractivity contribution in [2.45, 2.75) is 55.9 Å². The lowest BCUT2D eigenvalue weighted by Gasteiger charge is -2.31. The first-order chi connectivity index (χ1) is 16.8. The molecule has 3 rings (SSSR count). The number of hydrogen-bond donors (Lipinski definition) is 3. The monoisotopic (exact) mass is 536 g/mol. The molecule has 2 amide bonds. The van der Waals surface area contributed by atoms with Gasteiger partial charge in [0.25, 0.3) is 5.69 Å². The van der Waals surface area contributed by atoms with E-state index in [2.05, 4.69) is 10.0 Å². The van der Waals surface area contributed by atoms with Gasteiger partial charge in [-0.05, 0) is 48.6 Å². The second kappa shape index (κ2) is 11.4. The Morgan fingerprint density at radius 1 is 0.972 bits per heavy atom. The minimum Gasteiger partial charge on any atom is -0.309 e. The minimum atomic E-state index is -5.02. The molecule has 1 fully saturated rings. The Kier molecular flexibility index (Phi) is 8.71. The summed E-state index contributed by atoms with van der Waals surface area (Å²) < 4.78 is 80.6. The largest absolute Gasteiger partial charge is 0.416 e. The van der Waals surface area contributed by atoms with Crippen LogP contribution in [-0.2, 0) is 18.9 Å². The highest BCUT2D eigenvalue weighted by Gasteiger charge is 2.37. The number of nitro benzene ring substituents is 1. The molecule has 1 saturated carbocycles. The molecule has 1 aliphatic carbocycles. The zero-order valence-electron chi connectivity index (χ0n) is 18.6. The van der Waals surface area contributed by atoms with Gasteiger partial charge in [-0.3, -0.25) is 14.8 Å². The predicted octanol–water partition coefficient (Wildman–Crippen LogP) is 6.50. The van der Waals surface area contributed by atoms with E-state index >= 15 is 0 Å². The zero-order valence-corrected chi connectivity index (χ0v) is 19.4. The Labute approximate surface area is 206 Å². The van der Waals surface area contributed by atoms with E-state index in [4.69, 9.17) is 0 Å². The zero-order chi connectivity index (χ0) is 26.5. The molecule has 0 unspecified atom stereocenters. The van der Waals surface area contributed by atoms with Crippen molar-refractivity contribution in [3.05, 3.63) is 69.3 Å². The van der Waals surface area contributed by atoms with E-state index in [-0.39, 0.29) is 23.0 Å². The average Bonchev–Trinajstić information content (AvgIpc) is 2.81. The van der Waals surface area contributed by atoms with Gasteiger partial charge in [0.1, 0.15) is 0 Å². The predicted molar refractivity (Wildman–Crippen MR) is 122 cm³/mol. The van der Waals surface area contributed by atoms with Crippen molar-refractivity contribution in [2.24, 2.45) is 0 Å². The molecular weight excluding hydrogens is 514 g/mol. The number of carbonyl (C=O) groups is 1. The van der Waals surface area contributed by atoms with Crippen LogP contribution in [0.3, 0.4) is 0 Å². The van der Waals surface area contributed by atoms with Crippen LogP contribution in [0.2, 0.25) is 0 Å². The van der Waals surface area contributed by atoms with Crippen molar-refractivity contribution in [1.29, 1.82) is 0 Å². The molecule has 0 radical (unpaired) electrons. The maximum atomic E-state index is 13.0.